The molecule has 0 aliphatic heterocycles. The molecule has 3 nitrogen and oxygen atoms in total. The predicted octanol–water partition coefficient (Wildman–Crippen LogP) is 2.75. The standard InChI is InChI=1S/C8H9NO2S.C2H6/c1-2-11-8(10)4-3-7-9-5-6-12-7;1-2/h3-6H,2H2,1H3;1-2H3/b4-3+;. The molecule has 0 amide bonds. The summed E-state index contributed by atoms with van der Waals surface area (Å²) in [5.74, 6) is -0.326. The molecule has 0 atom stereocenters. The maximum atomic E-state index is 10.8. The van der Waals surface area contributed by atoms with Gasteiger partial charge in [0.2, 0.25) is 0 Å². The van der Waals surface area contributed by atoms with Gasteiger partial charge in [0.15, 0.2) is 0 Å². The lowest BCUT2D eigenvalue weighted by molar-refractivity contribution is -0.137. The van der Waals surface area contributed by atoms with Gasteiger partial charge in [-0.15, -0.1) is 11.3 Å². The fourth-order valence-electron chi connectivity index (χ4n) is 0.646. The van der Waals surface area contributed by atoms with Crippen molar-refractivity contribution in [3.63, 3.8) is 0 Å². The van der Waals surface area contributed by atoms with E-state index in [0.29, 0.717) is 6.61 Å². The van der Waals surface area contributed by atoms with Crippen molar-refractivity contribution in [3.8, 4) is 0 Å². The number of hydrogen-bond acceptors (Lipinski definition) is 4. The van der Waals surface area contributed by atoms with Gasteiger partial charge in [0.05, 0.1) is 6.61 Å². The van der Waals surface area contributed by atoms with Gasteiger partial charge in [-0.05, 0) is 13.0 Å². The maximum Gasteiger partial charge on any atom is 0.330 e. The highest BCUT2D eigenvalue weighted by molar-refractivity contribution is 7.10. The van der Waals surface area contributed by atoms with Crippen molar-refractivity contribution in [2.24, 2.45) is 0 Å². The van der Waals surface area contributed by atoms with Crippen LogP contribution < -0.4 is 0 Å². The largest absolute Gasteiger partial charge is 0.463 e. The molecule has 0 radical (unpaired) electrons. The summed E-state index contributed by atoms with van der Waals surface area (Å²) in [6.07, 6.45) is 4.71. The Balaban J connectivity index is 0.000000791. The molecule has 0 aliphatic carbocycles. The Morgan fingerprint density at radius 1 is 1.64 bits per heavy atom. The number of thiazole rings is 1. The Kier molecular flexibility index (Phi) is 7.74. The predicted molar refractivity (Wildman–Crippen MR) is 59.1 cm³/mol. The van der Waals surface area contributed by atoms with Gasteiger partial charge in [-0.25, -0.2) is 9.78 Å². The van der Waals surface area contributed by atoms with E-state index in [2.05, 4.69) is 4.98 Å². The molecule has 4 heteroatoms. The first-order chi connectivity index (χ1) is 6.83. The molecule has 0 aliphatic rings. The number of rotatable bonds is 3. The fraction of sp³-hybridized carbons (Fsp3) is 0.400. The minimum atomic E-state index is -0.326. The quantitative estimate of drug-likeness (QED) is 0.572. The molecule has 0 saturated carbocycles. The highest BCUT2D eigenvalue weighted by Gasteiger charge is 1.93. The zero-order valence-corrected chi connectivity index (χ0v) is 9.50. The van der Waals surface area contributed by atoms with Crippen molar-refractivity contribution < 1.29 is 9.53 Å². The van der Waals surface area contributed by atoms with Gasteiger partial charge >= 0.3 is 5.97 Å². The second-order valence-electron chi connectivity index (χ2n) is 1.96. The van der Waals surface area contributed by atoms with Crippen LogP contribution in [0.4, 0.5) is 0 Å². The van der Waals surface area contributed by atoms with Crippen LogP contribution in [-0.2, 0) is 9.53 Å². The summed E-state index contributed by atoms with van der Waals surface area (Å²) in [5.41, 5.74) is 0. The minimum Gasteiger partial charge on any atom is -0.463 e. The zero-order valence-electron chi connectivity index (χ0n) is 8.69. The van der Waals surface area contributed by atoms with Crippen LogP contribution in [0.15, 0.2) is 17.7 Å². The molecule has 0 saturated heterocycles. The molecule has 14 heavy (non-hydrogen) atoms. The van der Waals surface area contributed by atoms with Gasteiger partial charge in [-0.2, -0.15) is 0 Å². The molecule has 1 rings (SSSR count). The molecular formula is C10H15NO2S. The molecule has 0 N–H and O–H groups in total. The van der Waals surface area contributed by atoms with Crippen LogP contribution in [0.5, 0.6) is 0 Å². The summed E-state index contributed by atoms with van der Waals surface area (Å²) in [6.45, 7) is 6.18. The number of nitrogens with zero attached hydrogens (tertiary/aromatic N) is 1. The second-order valence-corrected chi connectivity index (χ2v) is 2.88. The molecule has 0 aromatic carbocycles. The van der Waals surface area contributed by atoms with E-state index in [-0.39, 0.29) is 5.97 Å². The SMILES string of the molecule is CC.CCOC(=O)/C=C/c1nccs1. The highest BCUT2D eigenvalue weighted by atomic mass is 32.1. The summed E-state index contributed by atoms with van der Waals surface area (Å²) in [4.78, 5) is 14.8. The Morgan fingerprint density at radius 2 is 2.36 bits per heavy atom. The van der Waals surface area contributed by atoms with Gasteiger partial charge in [-0.1, -0.05) is 13.8 Å². The summed E-state index contributed by atoms with van der Waals surface area (Å²) >= 11 is 1.48. The Bertz CT molecular complexity index is 268. The first-order valence-electron chi connectivity index (χ1n) is 4.57. The van der Waals surface area contributed by atoms with E-state index >= 15 is 0 Å². The van der Waals surface area contributed by atoms with Gasteiger partial charge in [0.1, 0.15) is 5.01 Å². The van der Waals surface area contributed by atoms with E-state index in [0.717, 1.165) is 5.01 Å². The molecule has 1 heterocycles. The molecule has 1 aromatic rings. The molecule has 0 bridgehead atoms. The van der Waals surface area contributed by atoms with Crippen LogP contribution in [0.25, 0.3) is 6.08 Å². The van der Waals surface area contributed by atoms with Crippen LogP contribution in [0.2, 0.25) is 0 Å². The Hall–Kier alpha value is -1.16. The third-order valence-electron chi connectivity index (χ3n) is 1.10. The molecule has 78 valence electrons. The summed E-state index contributed by atoms with van der Waals surface area (Å²) < 4.78 is 4.69. The molecular weight excluding hydrogens is 198 g/mol. The molecule has 0 spiro atoms. The lowest BCUT2D eigenvalue weighted by Gasteiger charge is -1.92. The summed E-state index contributed by atoms with van der Waals surface area (Å²) in [7, 11) is 0. The lowest BCUT2D eigenvalue weighted by atomic mass is 10.5. The molecule has 0 fully saturated rings. The number of esters is 1. The smallest absolute Gasteiger partial charge is 0.330 e. The average Bonchev–Trinajstić information content (AvgIpc) is 2.71. The normalized spacial score (nSPS) is 9.36. The summed E-state index contributed by atoms with van der Waals surface area (Å²) in [5, 5.41) is 2.66. The first kappa shape index (κ1) is 12.8. The number of aromatic nitrogens is 1. The number of hydrogen-bond donors (Lipinski definition) is 0. The van der Waals surface area contributed by atoms with Crippen molar-refractivity contribution in [2.75, 3.05) is 6.61 Å². The molecule has 1 aromatic heterocycles. The van der Waals surface area contributed by atoms with Crippen LogP contribution >= 0.6 is 11.3 Å². The fourth-order valence-corrected chi connectivity index (χ4v) is 1.18. The first-order valence-corrected chi connectivity index (χ1v) is 5.45. The van der Waals surface area contributed by atoms with Crippen LogP contribution in [0, 0.1) is 0 Å². The zero-order chi connectivity index (χ0) is 10.8. The third-order valence-corrected chi connectivity index (χ3v) is 1.84. The van der Waals surface area contributed by atoms with Crippen molar-refractivity contribution >= 4 is 23.4 Å². The third kappa shape index (κ3) is 5.48. The second kappa shape index (κ2) is 8.44. The van der Waals surface area contributed by atoms with E-state index in [1.54, 1.807) is 19.2 Å². The van der Waals surface area contributed by atoms with Gasteiger partial charge < -0.3 is 4.74 Å². The number of carbonyl (C=O) groups is 1. The van der Waals surface area contributed by atoms with Crippen molar-refractivity contribution in [1.82, 2.24) is 4.98 Å². The van der Waals surface area contributed by atoms with E-state index in [9.17, 15) is 4.79 Å². The van der Waals surface area contributed by atoms with Gasteiger partial charge in [0.25, 0.3) is 0 Å². The minimum absolute atomic E-state index is 0.326. The van der Waals surface area contributed by atoms with E-state index in [4.69, 9.17) is 4.74 Å². The lowest BCUT2D eigenvalue weighted by Crippen LogP contribution is -1.98. The number of carbonyl (C=O) groups excluding carboxylic acids is 1. The number of ether oxygens (including phenoxy) is 1. The average molecular weight is 213 g/mol. The summed E-state index contributed by atoms with van der Waals surface area (Å²) in [6, 6.07) is 0. The van der Waals surface area contributed by atoms with Gasteiger partial charge in [-0.3, -0.25) is 0 Å². The van der Waals surface area contributed by atoms with E-state index in [1.807, 2.05) is 19.2 Å². The highest BCUT2D eigenvalue weighted by Crippen LogP contribution is 2.05. The van der Waals surface area contributed by atoms with Crippen LogP contribution in [-0.4, -0.2) is 17.6 Å². The van der Waals surface area contributed by atoms with Crippen molar-refractivity contribution in [2.45, 2.75) is 20.8 Å². The van der Waals surface area contributed by atoms with Crippen molar-refractivity contribution in [1.29, 1.82) is 0 Å². The maximum absolute atomic E-state index is 10.8. The van der Waals surface area contributed by atoms with Crippen molar-refractivity contribution in [3.05, 3.63) is 22.7 Å². The monoisotopic (exact) mass is 213 g/mol. The van der Waals surface area contributed by atoms with Crippen LogP contribution in [0.1, 0.15) is 25.8 Å². The Morgan fingerprint density at radius 3 is 2.86 bits per heavy atom. The Labute approximate surface area is 88.4 Å². The van der Waals surface area contributed by atoms with E-state index < -0.39 is 0 Å². The van der Waals surface area contributed by atoms with Crippen LogP contribution in [0.3, 0.4) is 0 Å². The molecule has 0 unspecified atom stereocenters. The van der Waals surface area contributed by atoms with E-state index in [1.165, 1.54) is 17.4 Å². The van der Waals surface area contributed by atoms with Gasteiger partial charge in [0, 0.05) is 17.7 Å². The topological polar surface area (TPSA) is 39.2 Å².